The predicted molar refractivity (Wildman–Crippen MR) is 55.1 cm³/mol. The lowest BCUT2D eigenvalue weighted by atomic mass is 10.1. The van der Waals surface area contributed by atoms with Crippen LogP contribution in [-0.4, -0.2) is 34.0 Å². The third-order valence-electron chi connectivity index (χ3n) is 2.11. The molecule has 1 aliphatic rings. The molecular formula is C7H10BrN3OS. The van der Waals surface area contributed by atoms with Crippen molar-refractivity contribution in [1.29, 1.82) is 0 Å². The Balaban J connectivity index is 2.12. The molecule has 1 unspecified atom stereocenters. The molecule has 13 heavy (non-hydrogen) atoms. The van der Waals surface area contributed by atoms with Crippen LogP contribution < -0.4 is 4.90 Å². The van der Waals surface area contributed by atoms with Crippen molar-refractivity contribution in [3.63, 3.8) is 0 Å². The van der Waals surface area contributed by atoms with E-state index in [9.17, 15) is 5.11 Å². The summed E-state index contributed by atoms with van der Waals surface area (Å²) in [7, 11) is 0. The summed E-state index contributed by atoms with van der Waals surface area (Å²) < 4.78 is 0.786. The molecule has 0 saturated carbocycles. The molecule has 0 amide bonds. The molecule has 1 atom stereocenters. The molecule has 1 aliphatic heterocycles. The van der Waals surface area contributed by atoms with Crippen LogP contribution in [0.25, 0.3) is 0 Å². The van der Waals surface area contributed by atoms with Crippen LogP contribution in [0, 0.1) is 0 Å². The molecule has 72 valence electrons. The summed E-state index contributed by atoms with van der Waals surface area (Å²) in [4.78, 5) is 2.06. The summed E-state index contributed by atoms with van der Waals surface area (Å²) in [6.07, 6.45) is 0.796. The Morgan fingerprint density at radius 3 is 2.85 bits per heavy atom. The first kappa shape index (κ1) is 9.36. The van der Waals surface area contributed by atoms with Crippen LogP contribution in [0.15, 0.2) is 3.92 Å². The number of anilines is 1. The molecule has 0 bridgehead atoms. The average Bonchev–Trinajstić information content (AvgIpc) is 2.56. The van der Waals surface area contributed by atoms with Crippen LogP contribution in [0.3, 0.4) is 0 Å². The number of β-amino-alcohol motifs (C(OH)–C–C–N with tert-alkyl or cyclic N) is 1. The van der Waals surface area contributed by atoms with Crippen molar-refractivity contribution < 1.29 is 5.11 Å². The van der Waals surface area contributed by atoms with Crippen molar-refractivity contribution >= 4 is 32.4 Å². The van der Waals surface area contributed by atoms with E-state index in [1.54, 1.807) is 0 Å². The smallest absolute Gasteiger partial charge is 0.209 e. The van der Waals surface area contributed by atoms with E-state index in [1.165, 1.54) is 11.3 Å². The Labute approximate surface area is 88.7 Å². The first-order chi connectivity index (χ1) is 6.07. The van der Waals surface area contributed by atoms with Gasteiger partial charge >= 0.3 is 0 Å². The van der Waals surface area contributed by atoms with E-state index < -0.39 is 5.60 Å². The number of nitrogens with zero attached hydrogens (tertiary/aromatic N) is 3. The first-order valence-corrected chi connectivity index (χ1v) is 5.64. The van der Waals surface area contributed by atoms with Gasteiger partial charge in [-0.1, -0.05) is 11.3 Å². The maximum atomic E-state index is 9.74. The standard InChI is InChI=1S/C7H10BrN3OS/c1-7(12)2-3-11(4-7)6-10-9-5(8)13-6/h12H,2-4H2,1H3. The largest absolute Gasteiger partial charge is 0.388 e. The zero-order valence-electron chi connectivity index (χ0n) is 7.20. The van der Waals surface area contributed by atoms with Gasteiger partial charge in [-0.05, 0) is 29.3 Å². The number of hydrogen-bond donors (Lipinski definition) is 1. The topological polar surface area (TPSA) is 49.2 Å². The highest BCUT2D eigenvalue weighted by molar-refractivity contribution is 9.11. The number of rotatable bonds is 1. The van der Waals surface area contributed by atoms with E-state index in [4.69, 9.17) is 0 Å². The van der Waals surface area contributed by atoms with Gasteiger partial charge in [-0.15, -0.1) is 10.2 Å². The number of aromatic nitrogens is 2. The fraction of sp³-hybridized carbons (Fsp3) is 0.714. The Bertz CT molecular complexity index is 314. The second-order valence-electron chi connectivity index (χ2n) is 3.51. The van der Waals surface area contributed by atoms with Crippen molar-refractivity contribution in [1.82, 2.24) is 10.2 Å². The predicted octanol–water partition coefficient (Wildman–Crippen LogP) is 1.26. The molecule has 1 aromatic heterocycles. The quantitative estimate of drug-likeness (QED) is 0.829. The fourth-order valence-electron chi connectivity index (χ4n) is 1.43. The van der Waals surface area contributed by atoms with Crippen molar-refractivity contribution in [3.8, 4) is 0 Å². The van der Waals surface area contributed by atoms with E-state index >= 15 is 0 Å². The molecule has 0 aromatic carbocycles. The van der Waals surface area contributed by atoms with Crippen molar-refractivity contribution in [2.75, 3.05) is 18.0 Å². The number of halogens is 1. The number of aliphatic hydroxyl groups is 1. The van der Waals surface area contributed by atoms with Crippen LogP contribution in [0.2, 0.25) is 0 Å². The second kappa shape index (κ2) is 3.18. The summed E-state index contributed by atoms with van der Waals surface area (Å²) in [5, 5.41) is 18.5. The van der Waals surface area contributed by atoms with Crippen LogP contribution in [0.5, 0.6) is 0 Å². The highest BCUT2D eigenvalue weighted by Crippen LogP contribution is 2.30. The zero-order valence-corrected chi connectivity index (χ0v) is 9.60. The summed E-state index contributed by atoms with van der Waals surface area (Å²) in [5.74, 6) is 0. The summed E-state index contributed by atoms with van der Waals surface area (Å²) >= 11 is 4.76. The van der Waals surface area contributed by atoms with E-state index in [0.717, 1.165) is 22.0 Å². The molecule has 4 nitrogen and oxygen atoms in total. The molecular weight excluding hydrogens is 254 g/mol. The minimum Gasteiger partial charge on any atom is -0.388 e. The molecule has 1 saturated heterocycles. The van der Waals surface area contributed by atoms with Gasteiger partial charge < -0.3 is 10.0 Å². The molecule has 6 heteroatoms. The molecule has 1 N–H and O–H groups in total. The lowest BCUT2D eigenvalue weighted by Crippen LogP contribution is -2.29. The zero-order chi connectivity index (χ0) is 9.47. The lowest BCUT2D eigenvalue weighted by Gasteiger charge is -2.17. The van der Waals surface area contributed by atoms with Gasteiger partial charge in [-0.3, -0.25) is 0 Å². The van der Waals surface area contributed by atoms with Gasteiger partial charge in [0.1, 0.15) is 0 Å². The molecule has 0 aliphatic carbocycles. The SMILES string of the molecule is CC1(O)CCN(c2nnc(Br)s2)C1. The van der Waals surface area contributed by atoms with Gasteiger partial charge in [-0.2, -0.15) is 0 Å². The van der Waals surface area contributed by atoms with E-state index in [0.29, 0.717) is 6.54 Å². The Morgan fingerprint density at radius 2 is 2.38 bits per heavy atom. The summed E-state index contributed by atoms with van der Waals surface area (Å²) in [5.41, 5.74) is -0.571. The fourth-order valence-corrected chi connectivity index (χ4v) is 2.55. The van der Waals surface area contributed by atoms with Crippen molar-refractivity contribution in [2.45, 2.75) is 18.9 Å². The summed E-state index contributed by atoms with van der Waals surface area (Å²) in [6.45, 7) is 3.35. The van der Waals surface area contributed by atoms with E-state index in [2.05, 4.69) is 31.0 Å². The van der Waals surface area contributed by atoms with Gasteiger partial charge in [-0.25, -0.2) is 0 Å². The Morgan fingerprint density at radius 1 is 1.62 bits per heavy atom. The van der Waals surface area contributed by atoms with Gasteiger partial charge in [0, 0.05) is 13.1 Å². The summed E-state index contributed by atoms with van der Waals surface area (Å²) in [6, 6.07) is 0. The van der Waals surface area contributed by atoms with Crippen LogP contribution in [-0.2, 0) is 0 Å². The highest BCUT2D eigenvalue weighted by atomic mass is 79.9. The molecule has 0 spiro atoms. The van der Waals surface area contributed by atoms with E-state index in [-0.39, 0.29) is 0 Å². The van der Waals surface area contributed by atoms with Crippen molar-refractivity contribution in [3.05, 3.63) is 3.92 Å². The second-order valence-corrected chi connectivity index (χ2v) is 5.74. The Hall–Kier alpha value is -0.200. The van der Waals surface area contributed by atoms with Crippen LogP contribution >= 0.6 is 27.3 Å². The Kier molecular flexibility index (Phi) is 2.29. The first-order valence-electron chi connectivity index (χ1n) is 4.03. The maximum absolute atomic E-state index is 9.74. The molecule has 2 rings (SSSR count). The van der Waals surface area contributed by atoms with Gasteiger partial charge in [0.05, 0.1) is 5.60 Å². The molecule has 1 aromatic rings. The average molecular weight is 264 g/mol. The normalized spacial score (nSPS) is 28.4. The van der Waals surface area contributed by atoms with Crippen LogP contribution in [0.1, 0.15) is 13.3 Å². The highest BCUT2D eigenvalue weighted by Gasteiger charge is 2.32. The number of hydrogen-bond acceptors (Lipinski definition) is 5. The maximum Gasteiger partial charge on any atom is 0.209 e. The molecule has 1 fully saturated rings. The van der Waals surface area contributed by atoms with E-state index in [1.807, 2.05) is 6.92 Å². The third kappa shape index (κ3) is 2.00. The van der Waals surface area contributed by atoms with Gasteiger partial charge in [0.15, 0.2) is 3.92 Å². The van der Waals surface area contributed by atoms with Gasteiger partial charge in [0.25, 0.3) is 0 Å². The monoisotopic (exact) mass is 263 g/mol. The molecule has 2 heterocycles. The molecule has 0 radical (unpaired) electrons. The van der Waals surface area contributed by atoms with Crippen molar-refractivity contribution in [2.24, 2.45) is 0 Å². The van der Waals surface area contributed by atoms with Crippen LogP contribution in [0.4, 0.5) is 5.13 Å². The third-order valence-corrected chi connectivity index (χ3v) is 3.53. The minimum absolute atomic E-state index is 0.571. The van der Waals surface area contributed by atoms with Gasteiger partial charge in [0.2, 0.25) is 5.13 Å². The minimum atomic E-state index is -0.571. The lowest BCUT2D eigenvalue weighted by molar-refractivity contribution is 0.0839.